The summed E-state index contributed by atoms with van der Waals surface area (Å²) in [6.45, 7) is 1.73. The third kappa shape index (κ3) is 4.17. The first-order valence-corrected chi connectivity index (χ1v) is 8.89. The highest BCUT2D eigenvalue weighted by molar-refractivity contribution is 5.94. The van der Waals surface area contributed by atoms with Crippen molar-refractivity contribution < 1.29 is 18.0 Å². The lowest BCUT2D eigenvalue weighted by molar-refractivity contribution is 0.0948. The van der Waals surface area contributed by atoms with E-state index in [9.17, 15) is 18.0 Å². The zero-order valence-corrected chi connectivity index (χ0v) is 15.7. The van der Waals surface area contributed by atoms with Gasteiger partial charge in [0.2, 0.25) is 0 Å². The Morgan fingerprint density at radius 3 is 2.61 bits per heavy atom. The summed E-state index contributed by atoms with van der Waals surface area (Å²) >= 11 is 0. The zero-order chi connectivity index (χ0) is 20.3. The Morgan fingerprint density at radius 1 is 1.11 bits per heavy atom. The number of aromatic nitrogens is 2. The molecule has 0 aliphatic heterocycles. The lowest BCUT2D eigenvalue weighted by atomic mass is 10.2. The van der Waals surface area contributed by atoms with Crippen LogP contribution in [0.4, 0.5) is 13.2 Å². The third-order valence-electron chi connectivity index (χ3n) is 4.42. The molecule has 0 saturated heterocycles. The number of hydrogen-bond donors (Lipinski definition) is 1. The van der Waals surface area contributed by atoms with Gasteiger partial charge in [-0.15, -0.1) is 0 Å². The van der Waals surface area contributed by atoms with Gasteiger partial charge in [0.15, 0.2) is 17.5 Å². The summed E-state index contributed by atoms with van der Waals surface area (Å²) < 4.78 is 42.2. The number of nitrogens with one attached hydrogen (secondary N) is 1. The summed E-state index contributed by atoms with van der Waals surface area (Å²) in [5.41, 5.74) is 1.33. The van der Waals surface area contributed by atoms with Gasteiger partial charge in [0.25, 0.3) is 5.91 Å². The van der Waals surface area contributed by atoms with Crippen LogP contribution in [0, 0.1) is 17.5 Å². The van der Waals surface area contributed by atoms with Gasteiger partial charge in [-0.2, -0.15) is 0 Å². The Bertz CT molecular complexity index is 1000. The topological polar surface area (TPSA) is 50.2 Å². The van der Waals surface area contributed by atoms with Gasteiger partial charge in [0.1, 0.15) is 5.82 Å². The second-order valence-corrected chi connectivity index (χ2v) is 6.70. The van der Waals surface area contributed by atoms with Crippen LogP contribution < -0.4 is 5.32 Å². The predicted molar refractivity (Wildman–Crippen MR) is 101 cm³/mol. The highest BCUT2D eigenvalue weighted by Crippen LogP contribution is 2.17. The monoisotopic (exact) mass is 390 g/mol. The van der Waals surface area contributed by atoms with Crippen LogP contribution in [-0.4, -0.2) is 47.5 Å². The number of carbonyl (C=O) groups excluding carboxylic acids is 1. The summed E-state index contributed by atoms with van der Waals surface area (Å²) in [5, 5.41) is 2.54. The molecular formula is C20H21F3N4O. The quantitative estimate of drug-likeness (QED) is 0.631. The molecule has 1 amide bonds. The maximum Gasteiger partial charge on any atom is 0.254 e. The summed E-state index contributed by atoms with van der Waals surface area (Å²) in [6, 6.07) is 9.40. The van der Waals surface area contributed by atoms with Crippen LogP contribution >= 0.6 is 0 Å². The minimum Gasteiger partial charge on any atom is -0.351 e. The van der Waals surface area contributed by atoms with E-state index in [0.29, 0.717) is 6.42 Å². The number of para-hydroxylation sites is 2. The summed E-state index contributed by atoms with van der Waals surface area (Å²) in [5.74, 6) is -4.49. The minimum absolute atomic E-state index is 0.183. The van der Waals surface area contributed by atoms with Crippen molar-refractivity contribution in [3.63, 3.8) is 0 Å². The van der Waals surface area contributed by atoms with Crippen molar-refractivity contribution in [2.45, 2.75) is 13.0 Å². The van der Waals surface area contributed by atoms with Gasteiger partial charge in [0, 0.05) is 26.1 Å². The molecule has 0 aliphatic rings. The molecule has 0 saturated carbocycles. The molecule has 3 aromatic rings. The molecule has 5 nitrogen and oxygen atoms in total. The molecule has 1 aromatic heterocycles. The highest BCUT2D eigenvalue weighted by Gasteiger charge is 2.19. The number of hydrogen-bond acceptors (Lipinski definition) is 3. The van der Waals surface area contributed by atoms with Crippen molar-refractivity contribution in [3.8, 4) is 0 Å². The van der Waals surface area contributed by atoms with E-state index in [0.717, 1.165) is 42.1 Å². The first kappa shape index (κ1) is 19.9. The van der Waals surface area contributed by atoms with Crippen molar-refractivity contribution in [1.29, 1.82) is 0 Å². The van der Waals surface area contributed by atoms with Gasteiger partial charge >= 0.3 is 0 Å². The van der Waals surface area contributed by atoms with Gasteiger partial charge in [-0.05, 0) is 38.4 Å². The summed E-state index contributed by atoms with van der Waals surface area (Å²) in [4.78, 5) is 18.8. The molecule has 3 rings (SSSR count). The lowest BCUT2D eigenvalue weighted by Gasteiger charge is -2.13. The SMILES string of the molecule is CN(C)CCn1c(CCNC(=O)c2ccc(F)c(F)c2F)nc2ccccc21. The number of rotatable bonds is 7. The molecule has 2 aromatic carbocycles. The standard InChI is InChI=1S/C20H21F3N4O/c1-26(2)11-12-27-16-6-4-3-5-15(16)25-17(27)9-10-24-20(28)13-7-8-14(21)19(23)18(13)22/h3-8H,9-12H2,1-2H3,(H,24,28). The number of amides is 1. The van der Waals surface area contributed by atoms with Gasteiger partial charge < -0.3 is 14.8 Å². The fraction of sp³-hybridized carbons (Fsp3) is 0.300. The molecule has 0 bridgehead atoms. The number of carbonyl (C=O) groups is 1. The van der Waals surface area contributed by atoms with Crippen molar-refractivity contribution in [2.24, 2.45) is 0 Å². The molecule has 0 unspecified atom stereocenters. The van der Waals surface area contributed by atoms with Crippen LogP contribution in [0.2, 0.25) is 0 Å². The molecule has 0 spiro atoms. The first-order chi connectivity index (χ1) is 13.4. The van der Waals surface area contributed by atoms with Gasteiger partial charge in [0.05, 0.1) is 16.6 Å². The molecule has 0 fully saturated rings. The number of imidazole rings is 1. The normalized spacial score (nSPS) is 11.4. The molecule has 8 heteroatoms. The Labute approximate surface area is 160 Å². The highest BCUT2D eigenvalue weighted by atomic mass is 19.2. The number of likely N-dealkylation sites (N-methyl/N-ethyl adjacent to an activating group) is 1. The van der Waals surface area contributed by atoms with Gasteiger partial charge in [-0.1, -0.05) is 12.1 Å². The molecular weight excluding hydrogens is 369 g/mol. The van der Waals surface area contributed by atoms with E-state index in [-0.39, 0.29) is 6.54 Å². The van der Waals surface area contributed by atoms with Crippen LogP contribution in [0.1, 0.15) is 16.2 Å². The summed E-state index contributed by atoms with van der Waals surface area (Å²) in [6.07, 6.45) is 0.416. The third-order valence-corrected chi connectivity index (χ3v) is 4.42. The van der Waals surface area contributed by atoms with E-state index in [1.54, 1.807) is 0 Å². The van der Waals surface area contributed by atoms with E-state index in [1.165, 1.54) is 0 Å². The number of halogens is 3. The molecule has 28 heavy (non-hydrogen) atoms. The fourth-order valence-corrected chi connectivity index (χ4v) is 2.95. The van der Waals surface area contributed by atoms with Crippen LogP contribution in [0.25, 0.3) is 11.0 Å². The molecule has 0 aliphatic carbocycles. The largest absolute Gasteiger partial charge is 0.351 e. The van der Waals surface area contributed by atoms with Crippen LogP contribution in [0.15, 0.2) is 36.4 Å². The molecule has 1 N–H and O–H groups in total. The van der Waals surface area contributed by atoms with E-state index in [1.807, 2.05) is 38.4 Å². The Hall–Kier alpha value is -2.87. The predicted octanol–water partition coefficient (Wildman–Crippen LogP) is 2.99. The Morgan fingerprint density at radius 2 is 1.86 bits per heavy atom. The number of fused-ring (bicyclic) bond motifs is 1. The van der Waals surface area contributed by atoms with E-state index in [4.69, 9.17) is 0 Å². The second kappa shape index (κ2) is 8.43. The molecule has 0 radical (unpaired) electrons. The van der Waals surface area contributed by atoms with Crippen molar-refractivity contribution >= 4 is 16.9 Å². The zero-order valence-electron chi connectivity index (χ0n) is 15.7. The molecule has 0 atom stereocenters. The Balaban J connectivity index is 1.72. The van der Waals surface area contributed by atoms with Crippen LogP contribution in [0.5, 0.6) is 0 Å². The fourth-order valence-electron chi connectivity index (χ4n) is 2.95. The average molecular weight is 390 g/mol. The maximum atomic E-state index is 13.7. The second-order valence-electron chi connectivity index (χ2n) is 6.70. The maximum absolute atomic E-state index is 13.7. The van der Waals surface area contributed by atoms with Crippen molar-refractivity contribution in [1.82, 2.24) is 19.8 Å². The number of nitrogens with zero attached hydrogens (tertiary/aromatic N) is 3. The van der Waals surface area contributed by atoms with E-state index < -0.39 is 28.9 Å². The van der Waals surface area contributed by atoms with Crippen LogP contribution in [-0.2, 0) is 13.0 Å². The first-order valence-electron chi connectivity index (χ1n) is 8.89. The van der Waals surface area contributed by atoms with Crippen molar-refractivity contribution in [2.75, 3.05) is 27.2 Å². The molecule has 148 valence electrons. The smallest absolute Gasteiger partial charge is 0.254 e. The van der Waals surface area contributed by atoms with Crippen molar-refractivity contribution in [3.05, 3.63) is 65.2 Å². The van der Waals surface area contributed by atoms with Gasteiger partial charge in [-0.3, -0.25) is 4.79 Å². The molecule has 1 heterocycles. The van der Waals surface area contributed by atoms with E-state index in [2.05, 4.69) is 19.8 Å². The lowest BCUT2D eigenvalue weighted by Crippen LogP contribution is -2.28. The summed E-state index contributed by atoms with van der Waals surface area (Å²) in [7, 11) is 3.96. The van der Waals surface area contributed by atoms with Crippen LogP contribution in [0.3, 0.4) is 0 Å². The Kier molecular flexibility index (Phi) is 5.99. The minimum atomic E-state index is -1.65. The van der Waals surface area contributed by atoms with E-state index >= 15 is 0 Å². The average Bonchev–Trinajstić information content (AvgIpc) is 3.01. The van der Waals surface area contributed by atoms with Gasteiger partial charge in [-0.25, -0.2) is 18.2 Å². The number of benzene rings is 2.